The van der Waals surface area contributed by atoms with Crippen molar-refractivity contribution in [2.75, 3.05) is 13.1 Å². The van der Waals surface area contributed by atoms with E-state index in [1.54, 1.807) is 0 Å². The zero-order chi connectivity index (χ0) is 19.1. The van der Waals surface area contributed by atoms with Crippen molar-refractivity contribution in [1.82, 2.24) is 4.90 Å². The van der Waals surface area contributed by atoms with Crippen LogP contribution in [0, 0.1) is 0 Å². The van der Waals surface area contributed by atoms with E-state index in [0.29, 0.717) is 6.42 Å². The van der Waals surface area contributed by atoms with Crippen molar-refractivity contribution in [3.63, 3.8) is 0 Å². The van der Waals surface area contributed by atoms with Crippen LogP contribution in [0.4, 0.5) is 0 Å². The molecule has 7 heteroatoms. The lowest BCUT2D eigenvalue weighted by Crippen LogP contribution is -2.45. The third-order valence-electron chi connectivity index (χ3n) is 4.23. The van der Waals surface area contributed by atoms with Crippen LogP contribution in [0.5, 0.6) is 0 Å². The van der Waals surface area contributed by atoms with Gasteiger partial charge in [-0.1, -0.05) is 64.7 Å². The van der Waals surface area contributed by atoms with E-state index in [9.17, 15) is 14.4 Å². The Morgan fingerprint density at radius 2 is 1.24 bits per heavy atom. The average Bonchev–Trinajstić information content (AvgIpc) is 2.52. The number of nitrogens with zero attached hydrogens (tertiary/aromatic N) is 1. The zero-order valence-corrected chi connectivity index (χ0v) is 15.3. The summed E-state index contributed by atoms with van der Waals surface area (Å²) in [6.45, 7) is 2.02. The van der Waals surface area contributed by atoms with Gasteiger partial charge in [-0.25, -0.2) is 0 Å². The molecular formula is C18H33NO6. The fraction of sp³-hybridized carbons (Fsp3) is 0.833. The minimum absolute atomic E-state index is 0.285. The van der Waals surface area contributed by atoms with Crippen LogP contribution in [0.1, 0.15) is 77.6 Å². The molecule has 0 aromatic rings. The maximum atomic E-state index is 11.2. The Labute approximate surface area is 150 Å². The molecule has 0 bridgehead atoms. The third kappa shape index (κ3) is 13.3. The first-order chi connectivity index (χ1) is 11.9. The number of carbonyl (C=O) groups is 3. The van der Waals surface area contributed by atoms with Crippen LogP contribution in [-0.4, -0.2) is 57.3 Å². The van der Waals surface area contributed by atoms with Crippen molar-refractivity contribution in [3.8, 4) is 0 Å². The minimum Gasteiger partial charge on any atom is -0.481 e. The van der Waals surface area contributed by atoms with Crippen molar-refractivity contribution in [3.05, 3.63) is 0 Å². The Hall–Kier alpha value is -1.63. The van der Waals surface area contributed by atoms with E-state index in [-0.39, 0.29) is 6.54 Å². The first kappa shape index (κ1) is 23.4. The summed E-state index contributed by atoms with van der Waals surface area (Å²) in [4.78, 5) is 34.2. The first-order valence-electron chi connectivity index (χ1n) is 9.28. The largest absolute Gasteiger partial charge is 0.481 e. The second-order valence-electron chi connectivity index (χ2n) is 6.50. The molecule has 25 heavy (non-hydrogen) atoms. The van der Waals surface area contributed by atoms with Crippen LogP contribution in [-0.2, 0) is 14.4 Å². The van der Waals surface area contributed by atoms with Crippen LogP contribution >= 0.6 is 0 Å². The maximum absolute atomic E-state index is 11.2. The maximum Gasteiger partial charge on any atom is 0.321 e. The molecule has 1 unspecified atom stereocenters. The van der Waals surface area contributed by atoms with Gasteiger partial charge in [0.1, 0.15) is 6.04 Å². The van der Waals surface area contributed by atoms with Gasteiger partial charge >= 0.3 is 17.9 Å². The minimum atomic E-state index is -1.30. The fourth-order valence-corrected chi connectivity index (χ4v) is 2.86. The molecule has 0 rings (SSSR count). The molecule has 0 aliphatic rings. The summed E-state index contributed by atoms with van der Waals surface area (Å²) in [5, 5.41) is 26.9. The quantitative estimate of drug-likeness (QED) is 0.341. The van der Waals surface area contributed by atoms with Gasteiger partial charge in [-0.2, -0.15) is 0 Å². The Kier molecular flexibility index (Phi) is 13.7. The Bertz CT molecular complexity index is 399. The molecule has 0 spiro atoms. The van der Waals surface area contributed by atoms with Crippen LogP contribution in [0.2, 0.25) is 0 Å². The van der Waals surface area contributed by atoms with Crippen LogP contribution in [0.3, 0.4) is 0 Å². The normalized spacial score (nSPS) is 12.2. The zero-order valence-electron chi connectivity index (χ0n) is 15.3. The monoisotopic (exact) mass is 359 g/mol. The Morgan fingerprint density at radius 1 is 0.760 bits per heavy atom. The molecule has 0 aromatic carbocycles. The lowest BCUT2D eigenvalue weighted by Gasteiger charge is -2.26. The summed E-state index contributed by atoms with van der Waals surface area (Å²) in [6, 6.07) is -1.30. The highest BCUT2D eigenvalue weighted by atomic mass is 16.4. The standard InChI is InChI=1S/C18H33NO6/c1-2-3-4-5-6-7-8-9-10-11-12-19(14-17(22)23)15(18(24)25)13-16(20)21/h15H,2-14H2,1H3,(H,20,21)(H,22,23)(H,24,25). The molecular weight excluding hydrogens is 326 g/mol. The number of hydrogen-bond acceptors (Lipinski definition) is 4. The highest BCUT2D eigenvalue weighted by Crippen LogP contribution is 2.12. The van der Waals surface area contributed by atoms with Crippen LogP contribution in [0.25, 0.3) is 0 Å². The van der Waals surface area contributed by atoms with Gasteiger partial charge in [0.25, 0.3) is 0 Å². The highest BCUT2D eigenvalue weighted by molar-refractivity contribution is 5.81. The Morgan fingerprint density at radius 3 is 1.64 bits per heavy atom. The summed E-state index contributed by atoms with van der Waals surface area (Å²) in [7, 11) is 0. The summed E-state index contributed by atoms with van der Waals surface area (Å²) in [5.41, 5.74) is 0. The second kappa shape index (κ2) is 14.7. The molecule has 0 aromatic heterocycles. The number of carboxylic acid groups (broad SMARTS) is 3. The molecule has 7 nitrogen and oxygen atoms in total. The molecule has 0 radical (unpaired) electrons. The third-order valence-corrected chi connectivity index (χ3v) is 4.23. The summed E-state index contributed by atoms with van der Waals surface area (Å²) < 4.78 is 0. The van der Waals surface area contributed by atoms with Crippen molar-refractivity contribution in [2.24, 2.45) is 0 Å². The van der Waals surface area contributed by atoms with Gasteiger partial charge in [0, 0.05) is 0 Å². The number of unbranched alkanes of at least 4 members (excludes halogenated alkanes) is 9. The number of rotatable bonds is 17. The van der Waals surface area contributed by atoms with Gasteiger partial charge in [0.05, 0.1) is 13.0 Å². The number of carboxylic acids is 3. The molecule has 146 valence electrons. The molecule has 0 saturated heterocycles. The van der Waals surface area contributed by atoms with E-state index < -0.39 is 36.9 Å². The van der Waals surface area contributed by atoms with E-state index >= 15 is 0 Å². The lowest BCUT2D eigenvalue weighted by molar-refractivity contribution is -0.152. The van der Waals surface area contributed by atoms with E-state index in [1.807, 2.05) is 0 Å². The van der Waals surface area contributed by atoms with Gasteiger partial charge < -0.3 is 15.3 Å². The van der Waals surface area contributed by atoms with Crippen molar-refractivity contribution < 1.29 is 29.7 Å². The molecule has 3 N–H and O–H groups in total. The van der Waals surface area contributed by atoms with Crippen molar-refractivity contribution >= 4 is 17.9 Å². The van der Waals surface area contributed by atoms with Gasteiger partial charge in [-0.3, -0.25) is 19.3 Å². The van der Waals surface area contributed by atoms with Gasteiger partial charge in [0.15, 0.2) is 0 Å². The summed E-state index contributed by atoms with van der Waals surface area (Å²) in [6.07, 6.45) is 10.7. The molecule has 1 atom stereocenters. The predicted octanol–water partition coefficient (Wildman–Crippen LogP) is 3.22. The fourth-order valence-electron chi connectivity index (χ4n) is 2.86. The highest BCUT2D eigenvalue weighted by Gasteiger charge is 2.29. The molecule has 0 amide bonds. The molecule has 0 heterocycles. The molecule has 0 fully saturated rings. The van der Waals surface area contributed by atoms with Gasteiger partial charge in [-0.05, 0) is 13.0 Å². The van der Waals surface area contributed by atoms with E-state index in [1.165, 1.54) is 43.4 Å². The van der Waals surface area contributed by atoms with E-state index in [4.69, 9.17) is 15.3 Å². The summed E-state index contributed by atoms with van der Waals surface area (Å²) in [5.74, 6) is -3.69. The van der Waals surface area contributed by atoms with Crippen LogP contribution in [0.15, 0.2) is 0 Å². The second-order valence-corrected chi connectivity index (χ2v) is 6.50. The van der Waals surface area contributed by atoms with Crippen molar-refractivity contribution in [1.29, 1.82) is 0 Å². The number of hydrogen-bond donors (Lipinski definition) is 3. The molecule has 0 saturated carbocycles. The van der Waals surface area contributed by atoms with Gasteiger partial charge in [0.2, 0.25) is 0 Å². The molecule has 0 aliphatic carbocycles. The summed E-state index contributed by atoms with van der Waals surface area (Å²) >= 11 is 0. The first-order valence-corrected chi connectivity index (χ1v) is 9.28. The Balaban J connectivity index is 4.09. The lowest BCUT2D eigenvalue weighted by atomic mass is 10.1. The van der Waals surface area contributed by atoms with E-state index in [0.717, 1.165) is 19.3 Å². The van der Waals surface area contributed by atoms with Gasteiger partial charge in [-0.15, -0.1) is 0 Å². The predicted molar refractivity (Wildman–Crippen MR) is 94.7 cm³/mol. The van der Waals surface area contributed by atoms with E-state index in [2.05, 4.69) is 6.92 Å². The average molecular weight is 359 g/mol. The van der Waals surface area contributed by atoms with Crippen LogP contribution < -0.4 is 0 Å². The smallest absolute Gasteiger partial charge is 0.321 e. The SMILES string of the molecule is CCCCCCCCCCCCN(CC(=O)O)C(CC(=O)O)C(=O)O. The van der Waals surface area contributed by atoms with Crippen molar-refractivity contribution in [2.45, 2.75) is 83.6 Å². The molecule has 0 aliphatic heterocycles. The number of aliphatic carboxylic acids is 3. The topological polar surface area (TPSA) is 115 Å².